The first-order valence-electron chi connectivity index (χ1n) is 6.43. The lowest BCUT2D eigenvalue weighted by atomic mass is 9.74. The zero-order valence-electron chi connectivity index (χ0n) is 9.45. The number of hydrogen-bond donors (Lipinski definition) is 0. The standard InChI is InChI=1S/C13H14N2O2/c14-4-10-6-3-7-11(5-15)17-9-2-1-8(16-10)12(6)13(7)9/h6-13H,1-3H2/t6-,7+,8-,9+,10-,11+,12-,13+. The molecule has 4 rings (SSSR count). The van der Waals surface area contributed by atoms with Gasteiger partial charge in [0.25, 0.3) is 0 Å². The molecule has 2 heterocycles. The summed E-state index contributed by atoms with van der Waals surface area (Å²) in [6.07, 6.45) is 2.94. The highest BCUT2D eigenvalue weighted by Crippen LogP contribution is 2.60. The Labute approximate surface area is 100 Å². The fourth-order valence-corrected chi connectivity index (χ4v) is 4.76. The minimum atomic E-state index is -0.242. The topological polar surface area (TPSA) is 66.0 Å². The summed E-state index contributed by atoms with van der Waals surface area (Å²) < 4.78 is 11.7. The van der Waals surface area contributed by atoms with Gasteiger partial charge in [0.15, 0.2) is 0 Å². The smallest absolute Gasteiger partial charge is 0.147 e. The predicted octanol–water partition coefficient (Wildman–Crippen LogP) is 1.23. The molecule has 4 nitrogen and oxygen atoms in total. The van der Waals surface area contributed by atoms with Crippen molar-refractivity contribution in [3.8, 4) is 12.1 Å². The Hall–Kier alpha value is -1.10. The second-order valence-corrected chi connectivity index (χ2v) is 5.74. The van der Waals surface area contributed by atoms with Crippen molar-refractivity contribution in [1.29, 1.82) is 10.5 Å². The van der Waals surface area contributed by atoms with Crippen LogP contribution in [0.1, 0.15) is 19.3 Å². The van der Waals surface area contributed by atoms with Crippen LogP contribution in [0.5, 0.6) is 0 Å². The molecular weight excluding hydrogens is 216 g/mol. The molecule has 88 valence electrons. The highest BCUT2D eigenvalue weighted by atomic mass is 16.5. The van der Waals surface area contributed by atoms with Gasteiger partial charge in [-0.2, -0.15) is 10.5 Å². The molecule has 0 spiro atoms. The predicted molar refractivity (Wildman–Crippen MR) is 56.4 cm³/mol. The van der Waals surface area contributed by atoms with Gasteiger partial charge in [-0.25, -0.2) is 0 Å². The summed E-state index contributed by atoms with van der Waals surface area (Å²) in [5.41, 5.74) is 0. The molecule has 17 heavy (non-hydrogen) atoms. The monoisotopic (exact) mass is 230 g/mol. The fraction of sp³-hybridized carbons (Fsp3) is 0.846. The van der Waals surface area contributed by atoms with Crippen LogP contribution in [0.25, 0.3) is 0 Å². The van der Waals surface area contributed by atoms with Crippen LogP contribution in [0.4, 0.5) is 0 Å². The van der Waals surface area contributed by atoms with E-state index in [1.54, 1.807) is 0 Å². The molecule has 0 amide bonds. The first-order valence-corrected chi connectivity index (χ1v) is 6.43. The minimum absolute atomic E-state index is 0.242. The third kappa shape index (κ3) is 1.08. The molecule has 2 saturated carbocycles. The molecule has 2 saturated heterocycles. The van der Waals surface area contributed by atoms with E-state index in [1.165, 1.54) is 0 Å². The van der Waals surface area contributed by atoms with Crippen molar-refractivity contribution in [2.24, 2.45) is 23.7 Å². The van der Waals surface area contributed by atoms with E-state index in [4.69, 9.17) is 20.0 Å². The van der Waals surface area contributed by atoms with Gasteiger partial charge in [0.2, 0.25) is 0 Å². The third-order valence-electron chi connectivity index (χ3n) is 5.25. The van der Waals surface area contributed by atoms with E-state index in [9.17, 15) is 0 Å². The Balaban J connectivity index is 1.73. The van der Waals surface area contributed by atoms with E-state index in [2.05, 4.69) is 12.1 Å². The van der Waals surface area contributed by atoms with Gasteiger partial charge in [-0.15, -0.1) is 0 Å². The Bertz CT molecular complexity index is 398. The van der Waals surface area contributed by atoms with Crippen molar-refractivity contribution < 1.29 is 9.47 Å². The van der Waals surface area contributed by atoms with Crippen LogP contribution in [-0.4, -0.2) is 24.4 Å². The van der Waals surface area contributed by atoms with Crippen LogP contribution < -0.4 is 0 Å². The normalized spacial score (nSPS) is 58.5. The van der Waals surface area contributed by atoms with E-state index in [-0.39, 0.29) is 24.4 Å². The first kappa shape index (κ1) is 9.88. The Morgan fingerprint density at radius 2 is 1.29 bits per heavy atom. The van der Waals surface area contributed by atoms with Crippen LogP contribution in [0.3, 0.4) is 0 Å². The van der Waals surface area contributed by atoms with Crippen molar-refractivity contribution in [2.75, 3.05) is 0 Å². The summed E-state index contributed by atoms with van der Waals surface area (Å²) in [5.74, 6) is 1.65. The number of nitriles is 2. The van der Waals surface area contributed by atoms with E-state index in [1.807, 2.05) is 0 Å². The zero-order valence-corrected chi connectivity index (χ0v) is 9.45. The van der Waals surface area contributed by atoms with Crippen LogP contribution in [0, 0.1) is 46.3 Å². The maximum absolute atomic E-state index is 9.16. The van der Waals surface area contributed by atoms with Crippen molar-refractivity contribution in [1.82, 2.24) is 0 Å². The quantitative estimate of drug-likeness (QED) is 0.627. The molecule has 0 aromatic heterocycles. The minimum Gasteiger partial charge on any atom is -0.359 e. The first-order chi connectivity index (χ1) is 8.33. The van der Waals surface area contributed by atoms with Gasteiger partial charge in [-0.05, 0) is 31.1 Å². The maximum atomic E-state index is 9.16. The Morgan fingerprint density at radius 3 is 1.71 bits per heavy atom. The molecule has 0 bridgehead atoms. The lowest BCUT2D eigenvalue weighted by molar-refractivity contribution is -0.0262. The molecule has 0 N–H and O–H groups in total. The van der Waals surface area contributed by atoms with Gasteiger partial charge in [0.1, 0.15) is 12.2 Å². The third-order valence-corrected chi connectivity index (χ3v) is 5.25. The average Bonchev–Trinajstić information content (AvgIpc) is 2.98. The number of nitrogens with zero attached hydrogens (tertiary/aromatic N) is 2. The van der Waals surface area contributed by atoms with Crippen LogP contribution in [0.2, 0.25) is 0 Å². The van der Waals surface area contributed by atoms with Gasteiger partial charge in [0, 0.05) is 11.8 Å². The molecule has 2 aliphatic carbocycles. The van der Waals surface area contributed by atoms with Gasteiger partial charge in [0.05, 0.1) is 24.3 Å². The summed E-state index contributed by atoms with van der Waals surface area (Å²) in [7, 11) is 0. The molecule has 4 heteroatoms. The number of rotatable bonds is 0. The SMILES string of the molecule is N#C[C@@H]1O[C@H]2CC[C@H]3O[C@H](C#N)[C@H]4C[C@@H]1[C@@H]2[C@H]43. The fourth-order valence-electron chi connectivity index (χ4n) is 4.76. The summed E-state index contributed by atoms with van der Waals surface area (Å²) >= 11 is 0. The van der Waals surface area contributed by atoms with Gasteiger partial charge in [-0.1, -0.05) is 0 Å². The van der Waals surface area contributed by atoms with E-state index < -0.39 is 0 Å². The Kier molecular flexibility index (Phi) is 1.87. The molecule has 4 fully saturated rings. The van der Waals surface area contributed by atoms with Crippen molar-refractivity contribution in [3.63, 3.8) is 0 Å². The van der Waals surface area contributed by atoms with Crippen LogP contribution >= 0.6 is 0 Å². The second-order valence-electron chi connectivity index (χ2n) is 5.74. The molecule has 0 unspecified atom stereocenters. The van der Waals surface area contributed by atoms with Crippen molar-refractivity contribution in [2.45, 2.75) is 43.7 Å². The van der Waals surface area contributed by atoms with Gasteiger partial charge < -0.3 is 9.47 Å². The maximum Gasteiger partial charge on any atom is 0.147 e. The number of hydrogen-bond acceptors (Lipinski definition) is 4. The van der Waals surface area contributed by atoms with E-state index in [0.29, 0.717) is 23.7 Å². The van der Waals surface area contributed by atoms with E-state index >= 15 is 0 Å². The summed E-state index contributed by atoms with van der Waals surface area (Å²) in [6.45, 7) is 0. The van der Waals surface area contributed by atoms with Crippen molar-refractivity contribution >= 4 is 0 Å². The average molecular weight is 230 g/mol. The molecule has 8 atom stereocenters. The molecule has 4 aliphatic rings. The van der Waals surface area contributed by atoms with Crippen molar-refractivity contribution in [3.05, 3.63) is 0 Å². The molecule has 0 aromatic rings. The molecule has 2 aliphatic heterocycles. The summed E-state index contributed by atoms with van der Waals surface area (Å²) in [6, 6.07) is 4.59. The Morgan fingerprint density at radius 1 is 0.824 bits per heavy atom. The molecular formula is C13H14N2O2. The second kappa shape index (κ2) is 3.22. The lowest BCUT2D eigenvalue weighted by Crippen LogP contribution is -2.36. The lowest BCUT2D eigenvalue weighted by Gasteiger charge is -2.33. The summed E-state index contributed by atoms with van der Waals surface area (Å²) in [5, 5.41) is 18.3. The van der Waals surface area contributed by atoms with Gasteiger partial charge >= 0.3 is 0 Å². The largest absolute Gasteiger partial charge is 0.359 e. The summed E-state index contributed by atoms with van der Waals surface area (Å²) in [4.78, 5) is 0. The van der Waals surface area contributed by atoms with Crippen LogP contribution in [-0.2, 0) is 9.47 Å². The van der Waals surface area contributed by atoms with E-state index in [0.717, 1.165) is 19.3 Å². The molecule has 0 aromatic carbocycles. The van der Waals surface area contributed by atoms with Gasteiger partial charge in [-0.3, -0.25) is 0 Å². The zero-order chi connectivity index (χ0) is 11.6. The highest BCUT2D eigenvalue weighted by Gasteiger charge is 2.64. The highest BCUT2D eigenvalue weighted by molar-refractivity contribution is 5.16. The number of ether oxygens (including phenoxy) is 2. The van der Waals surface area contributed by atoms with Crippen LogP contribution in [0.15, 0.2) is 0 Å². The molecule has 0 radical (unpaired) electrons.